The van der Waals surface area contributed by atoms with Gasteiger partial charge in [-0.15, -0.1) is 0 Å². The molecule has 26 heavy (non-hydrogen) atoms. The fourth-order valence-electron chi connectivity index (χ4n) is 3.69. The molecule has 0 bridgehead atoms. The summed E-state index contributed by atoms with van der Waals surface area (Å²) in [5.41, 5.74) is 3.29. The van der Waals surface area contributed by atoms with Crippen molar-refractivity contribution >= 4 is 40.2 Å². The molecule has 2 aliphatic heterocycles. The van der Waals surface area contributed by atoms with Crippen LogP contribution >= 0.6 is 11.8 Å². The molecule has 1 aromatic rings. The number of likely N-dealkylation sites (N-methyl/N-ethyl adjacent to an activating group) is 2. The minimum atomic E-state index is -0.321. The summed E-state index contributed by atoms with van der Waals surface area (Å²) in [4.78, 5) is 20.6. The van der Waals surface area contributed by atoms with Crippen molar-refractivity contribution in [2.45, 2.75) is 33.2 Å². The van der Waals surface area contributed by atoms with Gasteiger partial charge in [0, 0.05) is 37.5 Å². The molecule has 0 radical (unpaired) electrons. The average Bonchev–Trinajstić information content (AvgIpc) is 2.83. The molecule has 0 saturated carbocycles. The lowest BCUT2D eigenvalue weighted by Crippen LogP contribution is -2.45. The predicted molar refractivity (Wildman–Crippen MR) is 109 cm³/mol. The quantitative estimate of drug-likeness (QED) is 0.722. The number of benzene rings is 1. The van der Waals surface area contributed by atoms with Crippen molar-refractivity contribution < 1.29 is 9.18 Å². The van der Waals surface area contributed by atoms with E-state index in [1.54, 1.807) is 26.2 Å². The third-order valence-corrected chi connectivity index (χ3v) is 6.05. The number of fused-ring (bicyclic) bond motifs is 1. The van der Waals surface area contributed by atoms with E-state index in [1.807, 2.05) is 13.0 Å². The lowest BCUT2D eigenvalue weighted by molar-refractivity contribution is -0.121. The van der Waals surface area contributed by atoms with Gasteiger partial charge in [0.25, 0.3) is 5.91 Å². The van der Waals surface area contributed by atoms with Gasteiger partial charge < -0.3 is 4.90 Å². The van der Waals surface area contributed by atoms with Crippen LogP contribution in [0.4, 0.5) is 10.1 Å². The molecule has 2 heterocycles. The minimum absolute atomic E-state index is 0.156. The standard InChI is InChI=1S/C20H24FN3OS/c1-7-24-16-10-15(21)13(8-14(16)12(2)11-20(24,3)4)9-17-18(25)23(6)19(22-5)26-17/h8-11H,7H2,1-6H3/b17-9+,22-19?. The van der Waals surface area contributed by atoms with Crippen LogP contribution in [0.2, 0.25) is 0 Å². The number of hydrogen-bond donors (Lipinski definition) is 0. The number of carbonyl (C=O) groups excluding carboxylic acids is 1. The summed E-state index contributed by atoms with van der Waals surface area (Å²) >= 11 is 1.27. The largest absolute Gasteiger partial charge is 0.363 e. The molecule has 0 atom stereocenters. The van der Waals surface area contributed by atoms with E-state index < -0.39 is 0 Å². The number of amides is 1. The van der Waals surface area contributed by atoms with Crippen LogP contribution in [0.1, 0.15) is 38.8 Å². The van der Waals surface area contributed by atoms with Crippen molar-refractivity contribution in [3.63, 3.8) is 0 Å². The Bertz CT molecular complexity index is 870. The van der Waals surface area contributed by atoms with Gasteiger partial charge in [0.05, 0.1) is 10.4 Å². The second-order valence-corrected chi connectivity index (χ2v) is 8.11. The molecule has 0 spiro atoms. The predicted octanol–water partition coefficient (Wildman–Crippen LogP) is 4.38. The molecule has 1 fully saturated rings. The lowest BCUT2D eigenvalue weighted by Gasteiger charge is -2.42. The first-order chi connectivity index (χ1) is 12.2. The number of hydrogen-bond acceptors (Lipinski definition) is 4. The second-order valence-electron chi connectivity index (χ2n) is 7.10. The van der Waals surface area contributed by atoms with Gasteiger partial charge in [0.1, 0.15) is 5.82 Å². The number of rotatable bonds is 2. The Hall–Kier alpha value is -2.08. The fraction of sp³-hybridized carbons (Fsp3) is 0.400. The normalized spacial score (nSPS) is 22.3. The van der Waals surface area contributed by atoms with Gasteiger partial charge in [0.15, 0.2) is 5.17 Å². The molecule has 138 valence electrons. The number of aliphatic imine (C=N–C) groups is 1. The van der Waals surface area contributed by atoms with Crippen LogP contribution in [0.15, 0.2) is 28.1 Å². The fourth-order valence-corrected chi connectivity index (χ4v) is 4.61. The maximum absolute atomic E-state index is 14.9. The van der Waals surface area contributed by atoms with Gasteiger partial charge in [-0.05, 0) is 63.2 Å². The van der Waals surface area contributed by atoms with E-state index in [9.17, 15) is 9.18 Å². The Morgan fingerprint density at radius 1 is 1.35 bits per heavy atom. The third kappa shape index (κ3) is 2.96. The van der Waals surface area contributed by atoms with Crippen LogP contribution in [0.5, 0.6) is 0 Å². The molecule has 2 aliphatic rings. The molecular formula is C20H24FN3OS. The highest BCUT2D eigenvalue weighted by Gasteiger charge is 2.32. The highest BCUT2D eigenvalue weighted by molar-refractivity contribution is 8.18. The topological polar surface area (TPSA) is 35.9 Å². The molecule has 0 aliphatic carbocycles. The number of nitrogens with zero attached hydrogens (tertiary/aromatic N) is 3. The van der Waals surface area contributed by atoms with Crippen LogP contribution < -0.4 is 4.90 Å². The van der Waals surface area contributed by atoms with Crippen LogP contribution in [-0.2, 0) is 4.79 Å². The molecule has 4 nitrogen and oxygen atoms in total. The molecule has 0 unspecified atom stereocenters. The zero-order chi connectivity index (χ0) is 19.2. The summed E-state index contributed by atoms with van der Waals surface area (Å²) in [5, 5.41) is 0.620. The third-order valence-electron chi connectivity index (χ3n) is 4.89. The molecule has 1 amide bonds. The van der Waals surface area contributed by atoms with E-state index >= 15 is 0 Å². The average molecular weight is 373 g/mol. The van der Waals surface area contributed by atoms with Gasteiger partial charge in [-0.25, -0.2) is 4.39 Å². The first-order valence-corrected chi connectivity index (χ1v) is 9.46. The zero-order valence-corrected chi connectivity index (χ0v) is 16.9. The maximum atomic E-state index is 14.9. The number of anilines is 1. The number of halogens is 1. The molecule has 0 aromatic heterocycles. The Labute approximate surface area is 158 Å². The van der Waals surface area contributed by atoms with E-state index in [0.717, 1.165) is 23.4 Å². The molecule has 3 rings (SSSR count). The Balaban J connectivity index is 2.10. The van der Waals surface area contributed by atoms with Crippen molar-refractivity contribution in [2.75, 3.05) is 25.5 Å². The molecule has 0 N–H and O–H groups in total. The van der Waals surface area contributed by atoms with Crippen molar-refractivity contribution in [2.24, 2.45) is 4.99 Å². The number of thioether (sulfide) groups is 1. The summed E-state index contributed by atoms with van der Waals surface area (Å²) in [6.45, 7) is 9.17. The molecule has 1 aromatic carbocycles. The SMILES string of the molecule is CCN1c2cc(F)c(/C=C3/SC(=NC)N(C)C3=O)cc2C(C)=CC1(C)C. The summed E-state index contributed by atoms with van der Waals surface area (Å²) < 4.78 is 14.9. The van der Waals surface area contributed by atoms with Gasteiger partial charge in [0.2, 0.25) is 0 Å². The van der Waals surface area contributed by atoms with E-state index in [4.69, 9.17) is 0 Å². The number of carbonyl (C=O) groups is 1. The second kappa shape index (κ2) is 6.58. The molecular weight excluding hydrogens is 349 g/mol. The van der Waals surface area contributed by atoms with Crippen LogP contribution in [-0.4, -0.2) is 42.2 Å². The highest BCUT2D eigenvalue weighted by atomic mass is 32.2. The van der Waals surface area contributed by atoms with Crippen molar-refractivity contribution in [3.8, 4) is 0 Å². The van der Waals surface area contributed by atoms with Gasteiger partial charge in [-0.1, -0.05) is 6.08 Å². The zero-order valence-electron chi connectivity index (χ0n) is 16.1. The smallest absolute Gasteiger partial charge is 0.266 e. The van der Waals surface area contributed by atoms with E-state index in [1.165, 1.54) is 16.7 Å². The monoisotopic (exact) mass is 373 g/mol. The lowest BCUT2D eigenvalue weighted by atomic mass is 9.88. The molecule has 6 heteroatoms. The minimum Gasteiger partial charge on any atom is -0.363 e. The molecule has 1 saturated heterocycles. The maximum Gasteiger partial charge on any atom is 0.266 e. The van der Waals surface area contributed by atoms with Crippen LogP contribution in [0.25, 0.3) is 11.6 Å². The van der Waals surface area contributed by atoms with E-state index in [-0.39, 0.29) is 17.3 Å². The van der Waals surface area contributed by atoms with Crippen molar-refractivity contribution in [3.05, 3.63) is 40.1 Å². The first-order valence-electron chi connectivity index (χ1n) is 8.65. The van der Waals surface area contributed by atoms with Gasteiger partial charge >= 0.3 is 0 Å². The summed E-state index contributed by atoms with van der Waals surface area (Å²) in [7, 11) is 3.32. The van der Waals surface area contributed by atoms with Crippen molar-refractivity contribution in [1.29, 1.82) is 0 Å². The summed E-state index contributed by atoms with van der Waals surface area (Å²) in [6.07, 6.45) is 3.83. The van der Waals surface area contributed by atoms with E-state index in [0.29, 0.717) is 15.6 Å². The Kier molecular flexibility index (Phi) is 4.73. The van der Waals surface area contributed by atoms with Gasteiger partial charge in [-0.2, -0.15) is 0 Å². The summed E-state index contributed by atoms with van der Waals surface area (Å²) in [6, 6.07) is 3.43. The van der Waals surface area contributed by atoms with Crippen LogP contribution in [0, 0.1) is 5.82 Å². The van der Waals surface area contributed by atoms with E-state index in [2.05, 4.69) is 36.7 Å². The Morgan fingerprint density at radius 2 is 2.04 bits per heavy atom. The van der Waals surface area contributed by atoms with Gasteiger partial charge in [-0.3, -0.25) is 14.7 Å². The van der Waals surface area contributed by atoms with Crippen molar-refractivity contribution in [1.82, 2.24) is 4.90 Å². The first kappa shape index (κ1) is 18.7. The van der Waals surface area contributed by atoms with Crippen LogP contribution in [0.3, 0.4) is 0 Å². The number of allylic oxidation sites excluding steroid dienone is 1. The summed E-state index contributed by atoms with van der Waals surface area (Å²) in [5.74, 6) is -0.477. The number of amidine groups is 1. The highest BCUT2D eigenvalue weighted by Crippen LogP contribution is 2.41. The Morgan fingerprint density at radius 3 is 2.62 bits per heavy atom.